The molecule has 0 aliphatic heterocycles. The molecule has 0 saturated heterocycles. The van der Waals surface area contributed by atoms with Gasteiger partial charge in [0.15, 0.2) is 6.23 Å². The lowest BCUT2D eigenvalue weighted by atomic mass is 10.3. The van der Waals surface area contributed by atoms with Crippen LogP contribution in [0.5, 0.6) is 11.8 Å². The minimum Gasteiger partial charge on any atom is -0.480 e. The molecule has 0 aliphatic carbocycles. The zero-order chi connectivity index (χ0) is 12.8. The average Bonchev–Trinajstić information content (AvgIpc) is 2.28. The van der Waals surface area contributed by atoms with E-state index in [-0.39, 0.29) is 6.04 Å². The van der Waals surface area contributed by atoms with Gasteiger partial charge in [-0.05, 0) is 20.8 Å². The van der Waals surface area contributed by atoms with Crippen molar-refractivity contribution in [2.75, 3.05) is 7.11 Å². The molecule has 0 bridgehead atoms. The molecule has 1 rings (SSSR count). The Balaban J connectivity index is 2.65. The fourth-order valence-corrected chi connectivity index (χ4v) is 1.21. The lowest BCUT2D eigenvalue weighted by molar-refractivity contribution is 0.0183. The summed E-state index contributed by atoms with van der Waals surface area (Å²) in [5.41, 5.74) is 0. The van der Waals surface area contributed by atoms with Gasteiger partial charge in [-0.3, -0.25) is 5.32 Å². The average molecular weight is 241 g/mol. The van der Waals surface area contributed by atoms with Crippen LogP contribution in [0.25, 0.3) is 0 Å². The monoisotopic (exact) mass is 241 g/mol. The van der Waals surface area contributed by atoms with Crippen LogP contribution in [-0.2, 0) is 0 Å². The first kappa shape index (κ1) is 13.7. The number of hydrogen-bond acceptors (Lipinski definition) is 6. The van der Waals surface area contributed by atoms with Crippen molar-refractivity contribution < 1.29 is 14.6 Å². The quantitative estimate of drug-likeness (QED) is 0.709. The van der Waals surface area contributed by atoms with E-state index in [0.29, 0.717) is 11.8 Å². The second-order valence-corrected chi connectivity index (χ2v) is 4.01. The van der Waals surface area contributed by atoms with Crippen LogP contribution in [0.2, 0.25) is 0 Å². The predicted molar refractivity (Wildman–Crippen MR) is 63.0 cm³/mol. The number of nitrogens with zero attached hydrogens (tertiary/aromatic N) is 2. The van der Waals surface area contributed by atoms with Gasteiger partial charge in [0.05, 0.1) is 7.11 Å². The van der Waals surface area contributed by atoms with Crippen molar-refractivity contribution in [1.29, 1.82) is 0 Å². The van der Waals surface area contributed by atoms with Crippen molar-refractivity contribution in [2.24, 2.45) is 0 Å². The van der Waals surface area contributed by atoms with Gasteiger partial charge in [-0.2, -0.15) is 0 Å². The number of aliphatic hydroxyl groups excluding tert-OH is 1. The molecule has 0 saturated carbocycles. The van der Waals surface area contributed by atoms with Crippen LogP contribution in [0, 0.1) is 0 Å². The first-order valence-electron chi connectivity index (χ1n) is 5.51. The summed E-state index contributed by atoms with van der Waals surface area (Å²) in [6.45, 7) is 5.59. The molecule has 0 radical (unpaired) electrons. The van der Waals surface area contributed by atoms with E-state index in [2.05, 4.69) is 15.5 Å². The topological polar surface area (TPSA) is 76.5 Å². The Bertz CT molecular complexity index is 327. The Morgan fingerprint density at radius 1 is 1.18 bits per heavy atom. The predicted octanol–water partition coefficient (Wildman–Crippen LogP) is 0.569. The minimum absolute atomic E-state index is 0.195. The molecule has 0 aromatic carbocycles. The first-order chi connectivity index (χ1) is 8.02. The number of ether oxygens (including phenoxy) is 2. The van der Waals surface area contributed by atoms with Crippen molar-refractivity contribution in [3.63, 3.8) is 0 Å². The smallest absolute Gasteiger partial charge is 0.235 e. The second kappa shape index (κ2) is 6.36. The molecule has 0 spiro atoms. The SMILES string of the molecule is COc1ccc(OC(NC(C)C)C(C)O)nn1. The van der Waals surface area contributed by atoms with Crippen molar-refractivity contribution in [3.05, 3.63) is 12.1 Å². The molecular formula is C11H19N3O3. The van der Waals surface area contributed by atoms with Gasteiger partial charge in [0.1, 0.15) is 6.10 Å². The third-order valence-electron chi connectivity index (χ3n) is 2.01. The van der Waals surface area contributed by atoms with Crippen molar-refractivity contribution >= 4 is 0 Å². The summed E-state index contributed by atoms with van der Waals surface area (Å²) in [6.07, 6.45) is -1.17. The molecule has 0 aliphatic rings. The summed E-state index contributed by atoms with van der Waals surface area (Å²) in [5, 5.41) is 20.3. The first-order valence-corrected chi connectivity index (χ1v) is 5.51. The summed E-state index contributed by atoms with van der Waals surface area (Å²) >= 11 is 0. The van der Waals surface area contributed by atoms with Crippen LogP contribution >= 0.6 is 0 Å². The maximum absolute atomic E-state index is 9.56. The van der Waals surface area contributed by atoms with E-state index in [0.717, 1.165) is 0 Å². The summed E-state index contributed by atoms with van der Waals surface area (Å²) in [7, 11) is 1.52. The number of rotatable bonds is 6. The highest BCUT2D eigenvalue weighted by molar-refractivity contribution is 5.15. The highest BCUT2D eigenvalue weighted by atomic mass is 16.5. The van der Waals surface area contributed by atoms with E-state index < -0.39 is 12.3 Å². The molecule has 6 heteroatoms. The summed E-state index contributed by atoms with van der Waals surface area (Å²) in [5.74, 6) is 0.757. The van der Waals surface area contributed by atoms with Gasteiger partial charge < -0.3 is 14.6 Å². The molecular weight excluding hydrogens is 222 g/mol. The number of nitrogens with one attached hydrogen (secondary N) is 1. The number of aromatic nitrogens is 2. The molecule has 0 amide bonds. The Kier molecular flexibility index (Phi) is 5.11. The molecule has 6 nitrogen and oxygen atoms in total. The van der Waals surface area contributed by atoms with Gasteiger partial charge in [0, 0.05) is 18.2 Å². The molecule has 96 valence electrons. The fraction of sp³-hybridized carbons (Fsp3) is 0.636. The standard InChI is InChI=1S/C11H19N3O3/c1-7(2)12-11(8(3)15)17-10-6-5-9(16-4)13-14-10/h5-8,11-12,15H,1-4H3. The summed E-state index contributed by atoms with van der Waals surface area (Å²) in [6, 6.07) is 3.49. The third-order valence-corrected chi connectivity index (χ3v) is 2.01. The molecule has 2 unspecified atom stereocenters. The number of aliphatic hydroxyl groups is 1. The fourth-order valence-electron chi connectivity index (χ4n) is 1.21. The van der Waals surface area contributed by atoms with Crippen LogP contribution < -0.4 is 14.8 Å². The van der Waals surface area contributed by atoms with Gasteiger partial charge in [-0.15, -0.1) is 10.2 Å². The maximum atomic E-state index is 9.56. The van der Waals surface area contributed by atoms with Crippen LogP contribution in [0.1, 0.15) is 20.8 Å². The van der Waals surface area contributed by atoms with E-state index in [1.807, 2.05) is 13.8 Å². The van der Waals surface area contributed by atoms with Crippen LogP contribution in [0.15, 0.2) is 12.1 Å². The maximum Gasteiger partial charge on any atom is 0.235 e. The Labute approximate surface area is 101 Å². The molecule has 2 N–H and O–H groups in total. The van der Waals surface area contributed by atoms with Crippen LogP contribution in [-0.4, -0.2) is 40.8 Å². The highest BCUT2D eigenvalue weighted by Crippen LogP contribution is 2.11. The highest BCUT2D eigenvalue weighted by Gasteiger charge is 2.18. The number of hydrogen-bond donors (Lipinski definition) is 2. The molecule has 1 aromatic heterocycles. The van der Waals surface area contributed by atoms with E-state index in [1.165, 1.54) is 7.11 Å². The van der Waals surface area contributed by atoms with Gasteiger partial charge in [0.2, 0.25) is 11.8 Å². The van der Waals surface area contributed by atoms with E-state index in [9.17, 15) is 5.11 Å². The largest absolute Gasteiger partial charge is 0.480 e. The number of methoxy groups -OCH3 is 1. The van der Waals surface area contributed by atoms with Crippen LogP contribution in [0.4, 0.5) is 0 Å². The normalized spacial score (nSPS) is 14.5. The zero-order valence-electron chi connectivity index (χ0n) is 10.5. The van der Waals surface area contributed by atoms with Crippen molar-refractivity contribution in [2.45, 2.75) is 39.1 Å². The summed E-state index contributed by atoms with van der Waals surface area (Å²) < 4.78 is 10.4. The van der Waals surface area contributed by atoms with Gasteiger partial charge in [0.25, 0.3) is 0 Å². The van der Waals surface area contributed by atoms with E-state index in [4.69, 9.17) is 9.47 Å². The minimum atomic E-state index is -0.652. The molecule has 1 aromatic rings. The molecule has 17 heavy (non-hydrogen) atoms. The van der Waals surface area contributed by atoms with Gasteiger partial charge >= 0.3 is 0 Å². The molecule has 2 atom stereocenters. The molecule has 1 heterocycles. The lowest BCUT2D eigenvalue weighted by Crippen LogP contribution is -2.46. The Morgan fingerprint density at radius 3 is 2.18 bits per heavy atom. The third kappa shape index (κ3) is 4.54. The zero-order valence-corrected chi connectivity index (χ0v) is 10.5. The Hall–Kier alpha value is -1.40. The van der Waals surface area contributed by atoms with E-state index >= 15 is 0 Å². The van der Waals surface area contributed by atoms with Crippen LogP contribution in [0.3, 0.4) is 0 Å². The van der Waals surface area contributed by atoms with Crippen molar-refractivity contribution in [1.82, 2.24) is 15.5 Å². The molecule has 0 fully saturated rings. The second-order valence-electron chi connectivity index (χ2n) is 4.01. The van der Waals surface area contributed by atoms with Crippen molar-refractivity contribution in [3.8, 4) is 11.8 Å². The lowest BCUT2D eigenvalue weighted by Gasteiger charge is -2.24. The van der Waals surface area contributed by atoms with Gasteiger partial charge in [-0.1, -0.05) is 0 Å². The Morgan fingerprint density at radius 2 is 1.76 bits per heavy atom. The van der Waals surface area contributed by atoms with Gasteiger partial charge in [-0.25, -0.2) is 0 Å². The van der Waals surface area contributed by atoms with E-state index in [1.54, 1.807) is 19.1 Å². The summed E-state index contributed by atoms with van der Waals surface area (Å²) in [4.78, 5) is 0.